The maximum atomic E-state index is 10.8. The van der Waals surface area contributed by atoms with E-state index in [4.69, 9.17) is 0 Å². The van der Waals surface area contributed by atoms with Gasteiger partial charge in [-0.25, -0.2) is 0 Å². The molecule has 0 bridgehead atoms. The summed E-state index contributed by atoms with van der Waals surface area (Å²) in [7, 11) is 0. The average Bonchev–Trinajstić information content (AvgIpc) is 2.64. The minimum absolute atomic E-state index is 0.114. The molecule has 1 heterocycles. The van der Waals surface area contributed by atoms with Crippen molar-refractivity contribution in [3.05, 3.63) is 36.9 Å². The van der Waals surface area contributed by atoms with Crippen LogP contribution in [0.4, 0.5) is 5.69 Å². The van der Waals surface area contributed by atoms with Gasteiger partial charge in [-0.05, 0) is 29.5 Å². The highest BCUT2D eigenvalue weighted by atomic mass is 127. The van der Waals surface area contributed by atoms with Gasteiger partial charge >= 0.3 is 0 Å². The lowest BCUT2D eigenvalue weighted by molar-refractivity contribution is -0.385. The normalized spacial score (nSPS) is 10.4. The Bertz CT molecular complexity index is 555. The third kappa shape index (κ3) is 2.05. The van der Waals surface area contributed by atoms with Crippen molar-refractivity contribution in [1.82, 2.24) is 10.2 Å². The van der Waals surface area contributed by atoms with Gasteiger partial charge in [0.1, 0.15) is 5.01 Å². The quantitative estimate of drug-likeness (QED) is 0.476. The first-order valence-corrected chi connectivity index (χ1v) is 6.22. The monoisotopic (exact) mass is 347 g/mol. The fourth-order valence-electron chi connectivity index (χ4n) is 1.37. The molecular formula is C9H6IN3O2S. The SMILES string of the molecule is Cc1c(-c2nnc(I)s2)cccc1[N+](=O)[O-]. The summed E-state index contributed by atoms with van der Waals surface area (Å²) in [5.74, 6) is 0. The van der Waals surface area contributed by atoms with E-state index in [1.807, 2.05) is 6.07 Å². The molecule has 0 saturated carbocycles. The number of halogens is 1. The Kier molecular flexibility index (Phi) is 3.15. The molecule has 0 aliphatic heterocycles. The van der Waals surface area contributed by atoms with Crippen LogP contribution in [0.25, 0.3) is 10.6 Å². The Labute approximate surface area is 109 Å². The Morgan fingerprint density at radius 3 is 2.75 bits per heavy atom. The fourth-order valence-corrected chi connectivity index (χ4v) is 2.75. The average molecular weight is 347 g/mol. The van der Waals surface area contributed by atoms with Crippen molar-refractivity contribution >= 4 is 39.6 Å². The Morgan fingerprint density at radius 1 is 1.44 bits per heavy atom. The van der Waals surface area contributed by atoms with Gasteiger partial charge in [0.05, 0.1) is 4.92 Å². The molecule has 0 amide bonds. The molecule has 0 saturated heterocycles. The Hall–Kier alpha value is -1.09. The summed E-state index contributed by atoms with van der Waals surface area (Å²) in [6.07, 6.45) is 0. The van der Waals surface area contributed by atoms with E-state index in [9.17, 15) is 10.1 Å². The minimum Gasteiger partial charge on any atom is -0.258 e. The zero-order valence-corrected chi connectivity index (χ0v) is 11.2. The number of benzene rings is 1. The van der Waals surface area contributed by atoms with Gasteiger partial charge in [-0.2, -0.15) is 0 Å². The van der Waals surface area contributed by atoms with Crippen molar-refractivity contribution < 1.29 is 4.92 Å². The molecule has 0 aliphatic carbocycles. The summed E-state index contributed by atoms with van der Waals surface area (Å²) >= 11 is 3.49. The number of hydrogen-bond donors (Lipinski definition) is 0. The van der Waals surface area contributed by atoms with Crippen molar-refractivity contribution in [3.8, 4) is 10.6 Å². The van der Waals surface area contributed by atoms with E-state index in [-0.39, 0.29) is 10.6 Å². The van der Waals surface area contributed by atoms with E-state index in [0.29, 0.717) is 10.6 Å². The van der Waals surface area contributed by atoms with Gasteiger partial charge in [0.2, 0.25) is 0 Å². The summed E-state index contributed by atoms with van der Waals surface area (Å²) < 4.78 is 0.818. The predicted molar refractivity (Wildman–Crippen MR) is 69.5 cm³/mol. The highest BCUT2D eigenvalue weighted by Crippen LogP contribution is 2.31. The first kappa shape index (κ1) is 11.4. The zero-order chi connectivity index (χ0) is 11.7. The van der Waals surface area contributed by atoms with Gasteiger partial charge in [0.15, 0.2) is 3.01 Å². The lowest BCUT2D eigenvalue weighted by Gasteiger charge is -2.01. The van der Waals surface area contributed by atoms with E-state index < -0.39 is 0 Å². The second-order valence-corrected chi connectivity index (χ2v) is 5.80. The molecule has 0 N–H and O–H groups in total. The second-order valence-electron chi connectivity index (χ2n) is 3.07. The highest BCUT2D eigenvalue weighted by molar-refractivity contribution is 14.1. The molecule has 1 aromatic heterocycles. The maximum Gasteiger partial charge on any atom is 0.273 e. The zero-order valence-electron chi connectivity index (χ0n) is 8.18. The van der Waals surface area contributed by atoms with Crippen LogP contribution in [0.5, 0.6) is 0 Å². The van der Waals surface area contributed by atoms with E-state index in [0.717, 1.165) is 8.58 Å². The van der Waals surface area contributed by atoms with Gasteiger partial charge in [-0.1, -0.05) is 23.5 Å². The van der Waals surface area contributed by atoms with Gasteiger partial charge in [-0.15, -0.1) is 10.2 Å². The molecule has 1 aromatic carbocycles. The van der Waals surface area contributed by atoms with Crippen LogP contribution in [0, 0.1) is 20.1 Å². The van der Waals surface area contributed by atoms with Crippen LogP contribution in [0.1, 0.15) is 5.56 Å². The highest BCUT2D eigenvalue weighted by Gasteiger charge is 2.16. The van der Waals surface area contributed by atoms with Gasteiger partial charge < -0.3 is 0 Å². The van der Waals surface area contributed by atoms with E-state index in [1.165, 1.54) is 17.4 Å². The lowest BCUT2D eigenvalue weighted by atomic mass is 10.1. The van der Waals surface area contributed by atoms with Crippen LogP contribution in [-0.2, 0) is 0 Å². The molecule has 82 valence electrons. The number of rotatable bonds is 2. The first-order chi connectivity index (χ1) is 7.59. The molecule has 0 spiro atoms. The standard InChI is InChI=1S/C9H6IN3O2S/c1-5-6(8-11-12-9(10)16-8)3-2-4-7(5)13(14)15/h2-4H,1H3. The van der Waals surface area contributed by atoms with Crippen molar-refractivity contribution in [2.75, 3.05) is 0 Å². The van der Waals surface area contributed by atoms with Crippen molar-refractivity contribution in [1.29, 1.82) is 0 Å². The van der Waals surface area contributed by atoms with Crippen LogP contribution in [0.2, 0.25) is 0 Å². The number of nitrogens with zero attached hydrogens (tertiary/aromatic N) is 3. The number of aromatic nitrogens is 2. The number of nitro groups is 1. The minimum atomic E-state index is -0.384. The molecule has 7 heteroatoms. The van der Waals surface area contributed by atoms with Crippen LogP contribution >= 0.6 is 33.9 Å². The molecule has 0 radical (unpaired) electrons. The van der Waals surface area contributed by atoms with Crippen LogP contribution in [-0.4, -0.2) is 15.1 Å². The van der Waals surface area contributed by atoms with Crippen molar-refractivity contribution in [2.45, 2.75) is 6.92 Å². The van der Waals surface area contributed by atoms with Crippen molar-refractivity contribution in [3.63, 3.8) is 0 Å². The van der Waals surface area contributed by atoms with Gasteiger partial charge in [0, 0.05) is 17.2 Å². The van der Waals surface area contributed by atoms with Crippen molar-refractivity contribution in [2.24, 2.45) is 0 Å². The summed E-state index contributed by atoms with van der Waals surface area (Å²) in [6, 6.07) is 4.97. The smallest absolute Gasteiger partial charge is 0.258 e. The molecule has 0 unspecified atom stereocenters. The third-order valence-electron chi connectivity index (χ3n) is 2.13. The van der Waals surface area contributed by atoms with E-state index >= 15 is 0 Å². The lowest BCUT2D eigenvalue weighted by Crippen LogP contribution is -1.93. The summed E-state index contributed by atoms with van der Waals surface area (Å²) in [5, 5.41) is 19.4. The van der Waals surface area contributed by atoms with Gasteiger partial charge in [-0.3, -0.25) is 10.1 Å². The van der Waals surface area contributed by atoms with Crippen LogP contribution in [0.15, 0.2) is 18.2 Å². The molecule has 2 aromatic rings. The van der Waals surface area contributed by atoms with Crippen LogP contribution in [0.3, 0.4) is 0 Å². The molecule has 0 atom stereocenters. The number of hydrogen-bond acceptors (Lipinski definition) is 5. The fraction of sp³-hybridized carbons (Fsp3) is 0.111. The molecule has 0 fully saturated rings. The molecule has 5 nitrogen and oxygen atoms in total. The van der Waals surface area contributed by atoms with Gasteiger partial charge in [0.25, 0.3) is 5.69 Å². The predicted octanol–water partition coefficient (Wildman–Crippen LogP) is 3.03. The summed E-state index contributed by atoms with van der Waals surface area (Å²) in [5.41, 5.74) is 1.51. The van der Waals surface area contributed by atoms with E-state index in [2.05, 4.69) is 32.8 Å². The third-order valence-corrected chi connectivity index (χ3v) is 3.75. The number of nitro benzene ring substituents is 1. The molecule has 16 heavy (non-hydrogen) atoms. The Balaban J connectivity index is 2.58. The molecule has 2 rings (SSSR count). The molecule has 0 aliphatic rings. The van der Waals surface area contributed by atoms with E-state index in [1.54, 1.807) is 13.0 Å². The Morgan fingerprint density at radius 2 is 2.19 bits per heavy atom. The topological polar surface area (TPSA) is 68.9 Å². The summed E-state index contributed by atoms with van der Waals surface area (Å²) in [6.45, 7) is 1.72. The summed E-state index contributed by atoms with van der Waals surface area (Å²) in [4.78, 5) is 10.4. The second kappa shape index (κ2) is 4.42. The largest absolute Gasteiger partial charge is 0.273 e. The first-order valence-electron chi connectivity index (χ1n) is 4.33. The van der Waals surface area contributed by atoms with Crippen LogP contribution < -0.4 is 0 Å². The maximum absolute atomic E-state index is 10.8. The molecular weight excluding hydrogens is 341 g/mol.